The number of rotatable bonds is 4. The Hall–Kier alpha value is -3.01. The summed E-state index contributed by atoms with van der Waals surface area (Å²) >= 11 is 0. The van der Waals surface area contributed by atoms with Gasteiger partial charge < -0.3 is 14.8 Å². The van der Waals surface area contributed by atoms with Gasteiger partial charge in [0.2, 0.25) is 0 Å². The van der Waals surface area contributed by atoms with Gasteiger partial charge in [-0.15, -0.1) is 0 Å². The summed E-state index contributed by atoms with van der Waals surface area (Å²) in [4.78, 5) is 12.8. The molecule has 144 valence electrons. The Balaban J connectivity index is 1.48. The molecule has 1 heterocycles. The van der Waals surface area contributed by atoms with Crippen molar-refractivity contribution in [2.75, 3.05) is 0 Å². The third-order valence-corrected chi connectivity index (χ3v) is 5.10. The van der Waals surface area contributed by atoms with Crippen LogP contribution >= 0.6 is 0 Å². The molecule has 4 rings (SSSR count). The molecular weight excluding hydrogens is 350 g/mol. The number of hydrogen-bond acceptors (Lipinski definition) is 3. The first kappa shape index (κ1) is 18.4. The fraction of sp³-hybridized carbons (Fsp3) is 0.292. The molecule has 4 nitrogen and oxygen atoms in total. The average Bonchev–Trinajstić information content (AvgIpc) is 2.67. The number of amides is 1. The van der Waals surface area contributed by atoms with Crippen LogP contribution in [0.4, 0.5) is 0 Å². The molecule has 0 bridgehead atoms. The Kier molecular flexibility index (Phi) is 4.71. The third kappa shape index (κ3) is 3.81. The Morgan fingerprint density at radius 2 is 1.79 bits per heavy atom. The maximum Gasteiger partial charge on any atom is 0.261 e. The Labute approximate surface area is 165 Å². The fourth-order valence-corrected chi connectivity index (χ4v) is 3.72. The SMILES string of the molecule is C[C@@H](Oc1ccc2ccccc2c1)C(=O)N[C@@H]1CC(C)(C)Oc2ccccc21. The Morgan fingerprint density at radius 1 is 1.07 bits per heavy atom. The van der Waals surface area contributed by atoms with Crippen LogP contribution in [0.2, 0.25) is 0 Å². The number of ether oxygens (including phenoxy) is 2. The van der Waals surface area contributed by atoms with Crippen molar-refractivity contribution in [2.24, 2.45) is 0 Å². The summed E-state index contributed by atoms with van der Waals surface area (Å²) in [7, 11) is 0. The van der Waals surface area contributed by atoms with E-state index in [9.17, 15) is 4.79 Å². The standard InChI is InChI=1S/C24H25NO3/c1-16(27-19-13-12-17-8-4-5-9-18(17)14-19)23(26)25-21-15-24(2,3)28-22-11-7-6-10-20(21)22/h4-14,16,21H,15H2,1-3H3,(H,25,26)/t16-,21-/m1/s1. The van der Waals surface area contributed by atoms with Crippen molar-refractivity contribution in [1.82, 2.24) is 5.32 Å². The van der Waals surface area contributed by atoms with Gasteiger partial charge in [0.05, 0.1) is 6.04 Å². The summed E-state index contributed by atoms with van der Waals surface area (Å²) in [5.74, 6) is 1.38. The van der Waals surface area contributed by atoms with Crippen molar-refractivity contribution in [2.45, 2.75) is 44.9 Å². The highest BCUT2D eigenvalue weighted by atomic mass is 16.5. The lowest BCUT2D eigenvalue weighted by atomic mass is 9.89. The van der Waals surface area contributed by atoms with Gasteiger partial charge in [-0.05, 0) is 49.7 Å². The number of nitrogens with one attached hydrogen (secondary N) is 1. The molecular formula is C24H25NO3. The van der Waals surface area contributed by atoms with E-state index in [-0.39, 0.29) is 17.6 Å². The van der Waals surface area contributed by atoms with E-state index in [1.807, 2.05) is 74.5 Å². The third-order valence-electron chi connectivity index (χ3n) is 5.10. The lowest BCUT2D eigenvalue weighted by Gasteiger charge is -2.38. The second-order valence-electron chi connectivity index (χ2n) is 7.93. The largest absolute Gasteiger partial charge is 0.487 e. The molecule has 3 aromatic carbocycles. The van der Waals surface area contributed by atoms with E-state index in [0.717, 1.165) is 22.1 Å². The summed E-state index contributed by atoms with van der Waals surface area (Å²) in [6.07, 6.45) is 0.109. The molecule has 0 saturated carbocycles. The first-order valence-corrected chi connectivity index (χ1v) is 9.65. The van der Waals surface area contributed by atoms with Crippen molar-refractivity contribution >= 4 is 16.7 Å². The highest BCUT2D eigenvalue weighted by Crippen LogP contribution is 2.39. The number of benzene rings is 3. The smallest absolute Gasteiger partial charge is 0.261 e. The van der Waals surface area contributed by atoms with Gasteiger partial charge in [-0.2, -0.15) is 0 Å². The summed E-state index contributed by atoms with van der Waals surface area (Å²) < 4.78 is 12.0. The molecule has 1 aliphatic heterocycles. The van der Waals surface area contributed by atoms with Gasteiger partial charge in [-0.1, -0.05) is 48.5 Å². The van der Waals surface area contributed by atoms with Crippen LogP contribution < -0.4 is 14.8 Å². The Bertz CT molecular complexity index is 1010. The number of carbonyl (C=O) groups is 1. The normalized spacial score (nSPS) is 18.6. The van der Waals surface area contributed by atoms with Crippen molar-refractivity contribution in [1.29, 1.82) is 0 Å². The molecule has 0 aliphatic carbocycles. The first-order chi connectivity index (χ1) is 13.4. The van der Waals surface area contributed by atoms with Crippen LogP contribution in [-0.2, 0) is 4.79 Å². The maximum atomic E-state index is 12.8. The molecule has 0 saturated heterocycles. The molecule has 0 spiro atoms. The van der Waals surface area contributed by atoms with Crippen molar-refractivity contribution < 1.29 is 14.3 Å². The van der Waals surface area contributed by atoms with Gasteiger partial charge in [0.1, 0.15) is 17.1 Å². The molecule has 0 radical (unpaired) electrons. The van der Waals surface area contributed by atoms with Crippen LogP contribution in [0.15, 0.2) is 66.7 Å². The van der Waals surface area contributed by atoms with Crippen molar-refractivity contribution in [3.05, 3.63) is 72.3 Å². The van der Waals surface area contributed by atoms with Gasteiger partial charge in [0.25, 0.3) is 5.91 Å². The van der Waals surface area contributed by atoms with Crippen LogP contribution in [0, 0.1) is 0 Å². The van der Waals surface area contributed by atoms with Crippen LogP contribution in [0.25, 0.3) is 10.8 Å². The zero-order valence-corrected chi connectivity index (χ0v) is 16.4. The number of hydrogen-bond donors (Lipinski definition) is 1. The van der Waals surface area contributed by atoms with Crippen LogP contribution in [0.3, 0.4) is 0 Å². The zero-order valence-electron chi connectivity index (χ0n) is 16.4. The Morgan fingerprint density at radius 3 is 2.61 bits per heavy atom. The molecule has 0 unspecified atom stereocenters. The second-order valence-corrected chi connectivity index (χ2v) is 7.93. The number of para-hydroxylation sites is 1. The quantitative estimate of drug-likeness (QED) is 0.696. The van der Waals surface area contributed by atoms with Crippen LogP contribution in [-0.4, -0.2) is 17.6 Å². The molecule has 2 atom stereocenters. The molecule has 1 N–H and O–H groups in total. The van der Waals surface area contributed by atoms with E-state index < -0.39 is 6.10 Å². The zero-order chi connectivity index (χ0) is 19.7. The van der Waals surface area contributed by atoms with Crippen LogP contribution in [0.1, 0.15) is 38.8 Å². The summed E-state index contributed by atoms with van der Waals surface area (Å²) in [5, 5.41) is 5.38. The van der Waals surface area contributed by atoms with E-state index in [4.69, 9.17) is 9.47 Å². The van der Waals surface area contributed by atoms with Gasteiger partial charge in [-0.25, -0.2) is 0 Å². The number of fused-ring (bicyclic) bond motifs is 2. The van der Waals surface area contributed by atoms with Gasteiger partial charge in [0, 0.05) is 12.0 Å². The molecule has 0 aromatic heterocycles. The molecule has 0 fully saturated rings. The minimum Gasteiger partial charge on any atom is -0.487 e. The summed E-state index contributed by atoms with van der Waals surface area (Å²) in [6.45, 7) is 5.86. The lowest BCUT2D eigenvalue weighted by molar-refractivity contribution is -0.128. The van der Waals surface area contributed by atoms with E-state index in [0.29, 0.717) is 12.2 Å². The molecule has 1 amide bonds. The van der Waals surface area contributed by atoms with Crippen molar-refractivity contribution in [3.8, 4) is 11.5 Å². The summed E-state index contributed by atoms with van der Waals surface area (Å²) in [5.41, 5.74) is 0.669. The van der Waals surface area contributed by atoms with E-state index >= 15 is 0 Å². The maximum absolute atomic E-state index is 12.8. The molecule has 28 heavy (non-hydrogen) atoms. The minimum absolute atomic E-state index is 0.102. The topological polar surface area (TPSA) is 47.6 Å². The van der Waals surface area contributed by atoms with Gasteiger partial charge >= 0.3 is 0 Å². The van der Waals surface area contributed by atoms with Gasteiger partial charge in [0.15, 0.2) is 6.10 Å². The number of carbonyl (C=O) groups excluding carboxylic acids is 1. The monoisotopic (exact) mass is 375 g/mol. The molecule has 3 aromatic rings. The lowest BCUT2D eigenvalue weighted by Crippen LogP contribution is -2.44. The second kappa shape index (κ2) is 7.19. The molecule has 1 aliphatic rings. The highest BCUT2D eigenvalue weighted by molar-refractivity contribution is 5.84. The fourth-order valence-electron chi connectivity index (χ4n) is 3.72. The minimum atomic E-state index is -0.598. The summed E-state index contributed by atoms with van der Waals surface area (Å²) in [6, 6.07) is 21.7. The molecule has 4 heteroatoms. The van der Waals surface area contributed by atoms with E-state index in [2.05, 4.69) is 11.4 Å². The first-order valence-electron chi connectivity index (χ1n) is 9.65. The predicted octanol–water partition coefficient (Wildman–Crippen LogP) is 5.03. The highest BCUT2D eigenvalue weighted by Gasteiger charge is 2.35. The van der Waals surface area contributed by atoms with Gasteiger partial charge in [-0.3, -0.25) is 4.79 Å². The predicted molar refractivity (Wildman–Crippen MR) is 111 cm³/mol. The van der Waals surface area contributed by atoms with E-state index in [1.165, 1.54) is 0 Å². The van der Waals surface area contributed by atoms with Crippen molar-refractivity contribution in [3.63, 3.8) is 0 Å². The average molecular weight is 375 g/mol. The van der Waals surface area contributed by atoms with Crippen LogP contribution in [0.5, 0.6) is 11.5 Å². The van der Waals surface area contributed by atoms with E-state index in [1.54, 1.807) is 6.92 Å².